The second kappa shape index (κ2) is 5.35. The summed E-state index contributed by atoms with van der Waals surface area (Å²) >= 11 is 3.09. The van der Waals surface area contributed by atoms with Gasteiger partial charge in [-0.25, -0.2) is 8.78 Å². The Morgan fingerprint density at radius 3 is 2.67 bits per heavy atom. The quantitative estimate of drug-likeness (QED) is 0.811. The van der Waals surface area contributed by atoms with Gasteiger partial charge in [-0.15, -0.1) is 0 Å². The van der Waals surface area contributed by atoms with E-state index in [-0.39, 0.29) is 22.4 Å². The highest BCUT2D eigenvalue weighted by molar-refractivity contribution is 9.10. The van der Waals surface area contributed by atoms with Gasteiger partial charge in [0.1, 0.15) is 17.3 Å². The molecule has 92 valence electrons. The Morgan fingerprint density at radius 2 is 2.00 bits per heavy atom. The zero-order valence-corrected chi connectivity index (χ0v) is 10.7. The number of pyridine rings is 1. The molecule has 0 saturated heterocycles. The lowest BCUT2D eigenvalue weighted by Crippen LogP contribution is -2.07. The van der Waals surface area contributed by atoms with E-state index in [2.05, 4.69) is 20.9 Å². The highest BCUT2D eigenvalue weighted by Crippen LogP contribution is 2.21. The van der Waals surface area contributed by atoms with Crippen molar-refractivity contribution in [3.05, 3.63) is 63.9 Å². The normalized spacial score (nSPS) is 10.4. The molecule has 0 radical (unpaired) electrons. The SMILES string of the molecule is O=C(Cc1cccc(F)c1Br)c1ccc(F)cn1. The third-order valence-electron chi connectivity index (χ3n) is 2.40. The molecule has 18 heavy (non-hydrogen) atoms. The molecule has 0 aliphatic rings. The van der Waals surface area contributed by atoms with Gasteiger partial charge in [0.05, 0.1) is 10.7 Å². The number of benzene rings is 1. The van der Waals surface area contributed by atoms with Crippen LogP contribution in [0.2, 0.25) is 0 Å². The average Bonchev–Trinajstić information content (AvgIpc) is 2.36. The van der Waals surface area contributed by atoms with Crippen LogP contribution >= 0.6 is 15.9 Å². The van der Waals surface area contributed by atoms with Crippen molar-refractivity contribution in [2.75, 3.05) is 0 Å². The molecule has 5 heteroatoms. The number of aromatic nitrogens is 1. The smallest absolute Gasteiger partial charge is 0.185 e. The third-order valence-corrected chi connectivity index (χ3v) is 3.28. The second-order valence-corrected chi connectivity index (χ2v) is 4.47. The first-order valence-electron chi connectivity index (χ1n) is 5.15. The number of rotatable bonds is 3. The lowest BCUT2D eigenvalue weighted by atomic mass is 10.1. The summed E-state index contributed by atoms with van der Waals surface area (Å²) in [6.07, 6.45) is 0.991. The lowest BCUT2D eigenvalue weighted by molar-refractivity contribution is 0.0988. The lowest BCUT2D eigenvalue weighted by Gasteiger charge is -2.04. The highest BCUT2D eigenvalue weighted by atomic mass is 79.9. The molecule has 2 rings (SSSR count). The van der Waals surface area contributed by atoms with Crippen LogP contribution in [0.3, 0.4) is 0 Å². The number of carbonyl (C=O) groups excluding carboxylic acids is 1. The summed E-state index contributed by atoms with van der Waals surface area (Å²) in [5.74, 6) is -1.22. The van der Waals surface area contributed by atoms with Crippen molar-refractivity contribution in [1.29, 1.82) is 0 Å². The number of hydrogen-bond acceptors (Lipinski definition) is 2. The summed E-state index contributed by atoms with van der Waals surface area (Å²) in [6, 6.07) is 6.95. The minimum atomic E-state index is -0.501. The van der Waals surface area contributed by atoms with E-state index in [1.807, 2.05) is 0 Å². The topological polar surface area (TPSA) is 30.0 Å². The van der Waals surface area contributed by atoms with Crippen LogP contribution in [0, 0.1) is 11.6 Å². The van der Waals surface area contributed by atoms with E-state index in [1.54, 1.807) is 6.07 Å². The second-order valence-electron chi connectivity index (χ2n) is 3.67. The van der Waals surface area contributed by atoms with Crippen molar-refractivity contribution >= 4 is 21.7 Å². The minimum Gasteiger partial charge on any atom is -0.292 e. The first-order valence-corrected chi connectivity index (χ1v) is 5.95. The van der Waals surface area contributed by atoms with Gasteiger partial charge in [0.2, 0.25) is 0 Å². The van der Waals surface area contributed by atoms with E-state index in [9.17, 15) is 13.6 Å². The highest BCUT2D eigenvalue weighted by Gasteiger charge is 2.12. The maximum atomic E-state index is 13.3. The van der Waals surface area contributed by atoms with Crippen LogP contribution in [0.1, 0.15) is 16.1 Å². The van der Waals surface area contributed by atoms with E-state index < -0.39 is 11.6 Å². The molecule has 0 aliphatic heterocycles. The number of Topliss-reactive ketones (excluding diaryl/α,β-unsaturated/α-hetero) is 1. The van der Waals surface area contributed by atoms with Crippen molar-refractivity contribution in [2.45, 2.75) is 6.42 Å². The first-order chi connectivity index (χ1) is 8.58. The van der Waals surface area contributed by atoms with Gasteiger partial charge in [0.15, 0.2) is 5.78 Å². The number of hydrogen-bond donors (Lipinski definition) is 0. The first kappa shape index (κ1) is 12.8. The molecule has 0 unspecified atom stereocenters. The zero-order valence-electron chi connectivity index (χ0n) is 9.16. The predicted octanol–water partition coefficient (Wildman–Crippen LogP) is 3.55. The molecule has 0 aliphatic carbocycles. The van der Waals surface area contributed by atoms with Crippen LogP contribution in [-0.2, 0) is 6.42 Å². The van der Waals surface area contributed by atoms with Crippen LogP contribution in [0.25, 0.3) is 0 Å². The number of carbonyl (C=O) groups is 1. The Labute approximate surface area is 111 Å². The van der Waals surface area contributed by atoms with Crippen molar-refractivity contribution in [2.24, 2.45) is 0 Å². The van der Waals surface area contributed by atoms with Crippen LogP contribution in [0.15, 0.2) is 41.0 Å². The zero-order chi connectivity index (χ0) is 13.1. The summed E-state index contributed by atoms with van der Waals surface area (Å²) in [4.78, 5) is 15.6. The number of nitrogens with zero attached hydrogens (tertiary/aromatic N) is 1. The third kappa shape index (κ3) is 2.79. The molecule has 0 spiro atoms. The van der Waals surface area contributed by atoms with Gasteiger partial charge in [-0.2, -0.15) is 0 Å². The molecule has 2 nitrogen and oxygen atoms in total. The Balaban J connectivity index is 2.21. The van der Waals surface area contributed by atoms with Crippen molar-refractivity contribution in [3.8, 4) is 0 Å². The summed E-state index contributed by atoms with van der Waals surface area (Å²) in [5, 5.41) is 0. The van der Waals surface area contributed by atoms with Crippen LogP contribution in [-0.4, -0.2) is 10.8 Å². The van der Waals surface area contributed by atoms with Crippen molar-refractivity contribution in [1.82, 2.24) is 4.98 Å². The molecule has 1 aromatic heterocycles. The van der Waals surface area contributed by atoms with E-state index in [0.29, 0.717) is 5.56 Å². The number of ketones is 1. The summed E-state index contributed by atoms with van der Waals surface area (Å²) in [5.41, 5.74) is 0.693. The maximum absolute atomic E-state index is 13.3. The Morgan fingerprint density at radius 1 is 1.22 bits per heavy atom. The average molecular weight is 312 g/mol. The van der Waals surface area contributed by atoms with E-state index in [0.717, 1.165) is 6.20 Å². The standard InChI is InChI=1S/C13H8BrF2NO/c14-13-8(2-1-3-10(13)16)6-12(18)11-5-4-9(15)7-17-11/h1-5,7H,6H2. The molecular formula is C13H8BrF2NO. The molecule has 0 fully saturated rings. The van der Waals surface area contributed by atoms with Gasteiger partial charge >= 0.3 is 0 Å². The van der Waals surface area contributed by atoms with Gasteiger partial charge in [-0.3, -0.25) is 9.78 Å². The fraction of sp³-hybridized carbons (Fsp3) is 0.0769. The monoisotopic (exact) mass is 311 g/mol. The largest absolute Gasteiger partial charge is 0.292 e. The van der Waals surface area contributed by atoms with Gasteiger partial charge in [-0.05, 0) is 39.7 Å². The summed E-state index contributed by atoms with van der Waals surface area (Å²) < 4.78 is 26.2. The number of halogens is 3. The van der Waals surface area contributed by atoms with Crippen LogP contribution in [0.4, 0.5) is 8.78 Å². The molecule has 2 aromatic rings. The Kier molecular flexibility index (Phi) is 3.81. The molecule has 0 N–H and O–H groups in total. The van der Waals surface area contributed by atoms with Gasteiger partial charge < -0.3 is 0 Å². The molecule has 0 amide bonds. The predicted molar refractivity (Wildman–Crippen MR) is 66.3 cm³/mol. The fourth-order valence-corrected chi connectivity index (χ4v) is 1.89. The molecule has 1 heterocycles. The van der Waals surface area contributed by atoms with Crippen molar-refractivity contribution in [3.63, 3.8) is 0 Å². The van der Waals surface area contributed by atoms with Crippen molar-refractivity contribution < 1.29 is 13.6 Å². The Hall–Kier alpha value is -1.62. The van der Waals surface area contributed by atoms with Gasteiger partial charge in [-0.1, -0.05) is 12.1 Å². The maximum Gasteiger partial charge on any atom is 0.185 e. The van der Waals surface area contributed by atoms with E-state index in [1.165, 1.54) is 24.3 Å². The van der Waals surface area contributed by atoms with E-state index in [4.69, 9.17) is 0 Å². The summed E-state index contributed by atoms with van der Waals surface area (Å²) in [7, 11) is 0. The minimum absolute atomic E-state index is 0.0109. The van der Waals surface area contributed by atoms with Crippen LogP contribution < -0.4 is 0 Å². The van der Waals surface area contributed by atoms with Crippen LogP contribution in [0.5, 0.6) is 0 Å². The molecule has 0 saturated carbocycles. The van der Waals surface area contributed by atoms with Gasteiger partial charge in [0, 0.05) is 6.42 Å². The van der Waals surface area contributed by atoms with E-state index >= 15 is 0 Å². The Bertz CT molecular complexity index is 584. The summed E-state index contributed by atoms with van der Waals surface area (Å²) in [6.45, 7) is 0. The van der Waals surface area contributed by atoms with Gasteiger partial charge in [0.25, 0.3) is 0 Å². The molecular weight excluding hydrogens is 304 g/mol. The molecule has 0 atom stereocenters. The fourth-order valence-electron chi connectivity index (χ4n) is 1.49. The molecule has 1 aromatic carbocycles. The molecule has 0 bridgehead atoms.